The molecule has 0 aliphatic carbocycles. The Bertz CT molecular complexity index is 1220. The van der Waals surface area contributed by atoms with Crippen LogP contribution in [0.5, 0.6) is 0 Å². The van der Waals surface area contributed by atoms with Crippen molar-refractivity contribution in [3.8, 4) is 23.0 Å². The number of benzene rings is 2. The van der Waals surface area contributed by atoms with Gasteiger partial charge in [0.05, 0.1) is 4.90 Å². The maximum Gasteiger partial charge on any atom is 0.293 e. The average Bonchev–Trinajstić information content (AvgIpc) is 3.31. The van der Waals surface area contributed by atoms with Gasteiger partial charge in [-0.2, -0.15) is 4.98 Å². The number of aryl methyl sites for hydroxylation is 2. The van der Waals surface area contributed by atoms with E-state index in [9.17, 15) is 8.42 Å². The fourth-order valence-electron chi connectivity index (χ4n) is 2.81. The van der Waals surface area contributed by atoms with E-state index in [-0.39, 0.29) is 16.5 Å². The van der Waals surface area contributed by atoms with Crippen molar-refractivity contribution < 1.29 is 17.4 Å². The number of furan rings is 1. The number of hydrogen-bond donors (Lipinski definition) is 0. The van der Waals surface area contributed by atoms with Crippen LogP contribution in [-0.2, 0) is 15.6 Å². The first-order chi connectivity index (χ1) is 13.4. The van der Waals surface area contributed by atoms with E-state index in [4.69, 9.17) is 8.94 Å². The Balaban J connectivity index is 1.56. The molecule has 7 heteroatoms. The SMILES string of the molecule is Cc1ccc(S(=O)(=O)Cc2ccc(-c3nc(-c4cccc(C)c4)no3)o2)cc1. The van der Waals surface area contributed by atoms with Crippen LogP contribution in [0.15, 0.2) is 74.5 Å². The van der Waals surface area contributed by atoms with Crippen molar-refractivity contribution in [2.75, 3.05) is 0 Å². The molecule has 142 valence electrons. The molecule has 2 heterocycles. The zero-order chi connectivity index (χ0) is 19.7. The molecule has 0 N–H and O–H groups in total. The van der Waals surface area contributed by atoms with Gasteiger partial charge < -0.3 is 8.94 Å². The Morgan fingerprint density at radius 3 is 2.46 bits per heavy atom. The van der Waals surface area contributed by atoms with Gasteiger partial charge in [-0.25, -0.2) is 8.42 Å². The third kappa shape index (κ3) is 3.75. The van der Waals surface area contributed by atoms with Gasteiger partial charge in [-0.3, -0.25) is 0 Å². The van der Waals surface area contributed by atoms with Gasteiger partial charge in [-0.1, -0.05) is 46.6 Å². The number of rotatable bonds is 5. The maximum absolute atomic E-state index is 12.6. The van der Waals surface area contributed by atoms with Gasteiger partial charge in [0.2, 0.25) is 5.82 Å². The summed E-state index contributed by atoms with van der Waals surface area (Å²) in [5.74, 6) is 1.06. The molecule has 4 rings (SSSR count). The van der Waals surface area contributed by atoms with E-state index in [1.807, 2.05) is 38.1 Å². The molecule has 0 saturated carbocycles. The van der Waals surface area contributed by atoms with E-state index in [0.29, 0.717) is 17.3 Å². The number of nitrogens with zero attached hydrogens (tertiary/aromatic N) is 2. The molecule has 2 aromatic heterocycles. The maximum atomic E-state index is 12.6. The van der Waals surface area contributed by atoms with Crippen LogP contribution in [0.3, 0.4) is 0 Å². The van der Waals surface area contributed by atoms with E-state index in [1.165, 1.54) is 0 Å². The van der Waals surface area contributed by atoms with Crippen molar-refractivity contribution in [2.45, 2.75) is 24.5 Å². The minimum absolute atomic E-state index is 0.204. The second kappa shape index (κ2) is 7.09. The molecule has 0 amide bonds. The van der Waals surface area contributed by atoms with Gasteiger partial charge in [-0.15, -0.1) is 0 Å². The van der Waals surface area contributed by atoms with E-state index in [0.717, 1.165) is 16.7 Å². The lowest BCUT2D eigenvalue weighted by atomic mass is 10.1. The quantitative estimate of drug-likeness (QED) is 0.492. The monoisotopic (exact) mass is 394 g/mol. The first-order valence-corrected chi connectivity index (χ1v) is 10.4. The number of hydrogen-bond acceptors (Lipinski definition) is 6. The molecule has 0 spiro atoms. The molecule has 4 aromatic rings. The summed E-state index contributed by atoms with van der Waals surface area (Å²) in [4.78, 5) is 4.61. The Labute approximate surface area is 162 Å². The molecule has 0 radical (unpaired) electrons. The standard InChI is InChI=1S/C21H18N2O4S/c1-14-6-9-18(10-7-14)28(24,25)13-17-8-11-19(26-17)21-22-20(23-27-21)16-5-3-4-15(2)12-16/h3-12H,13H2,1-2H3. The van der Waals surface area contributed by atoms with Crippen LogP contribution in [0.25, 0.3) is 23.0 Å². The third-order valence-corrected chi connectivity index (χ3v) is 5.94. The molecule has 28 heavy (non-hydrogen) atoms. The predicted molar refractivity (Wildman–Crippen MR) is 104 cm³/mol. The topological polar surface area (TPSA) is 86.2 Å². The molecule has 0 aliphatic heterocycles. The first kappa shape index (κ1) is 18.2. The Hall–Kier alpha value is -3.19. The lowest BCUT2D eigenvalue weighted by Crippen LogP contribution is -2.04. The summed E-state index contributed by atoms with van der Waals surface area (Å²) in [5.41, 5.74) is 2.93. The van der Waals surface area contributed by atoms with Gasteiger partial charge >= 0.3 is 0 Å². The summed E-state index contributed by atoms with van der Waals surface area (Å²) >= 11 is 0. The fourth-order valence-corrected chi connectivity index (χ4v) is 4.06. The summed E-state index contributed by atoms with van der Waals surface area (Å²) in [6.45, 7) is 3.89. The second-order valence-electron chi connectivity index (χ2n) is 6.63. The average molecular weight is 394 g/mol. The van der Waals surface area contributed by atoms with Crippen molar-refractivity contribution in [2.24, 2.45) is 0 Å². The van der Waals surface area contributed by atoms with Crippen molar-refractivity contribution in [1.29, 1.82) is 0 Å². The van der Waals surface area contributed by atoms with E-state index >= 15 is 0 Å². The molecule has 0 aliphatic rings. The second-order valence-corrected chi connectivity index (χ2v) is 8.62. The fraction of sp³-hybridized carbons (Fsp3) is 0.143. The Morgan fingerprint density at radius 2 is 1.71 bits per heavy atom. The van der Waals surface area contributed by atoms with E-state index in [2.05, 4.69) is 10.1 Å². The lowest BCUT2D eigenvalue weighted by molar-refractivity contribution is 0.413. The highest BCUT2D eigenvalue weighted by molar-refractivity contribution is 7.90. The number of sulfone groups is 1. The molecule has 0 atom stereocenters. The zero-order valence-electron chi connectivity index (χ0n) is 15.4. The molecule has 2 aromatic carbocycles. The van der Waals surface area contributed by atoms with Gasteiger partial charge in [0, 0.05) is 5.56 Å². The summed E-state index contributed by atoms with van der Waals surface area (Å²) in [7, 11) is -3.50. The highest BCUT2D eigenvalue weighted by atomic mass is 32.2. The van der Waals surface area contributed by atoms with Crippen molar-refractivity contribution in [3.05, 3.63) is 77.6 Å². The first-order valence-electron chi connectivity index (χ1n) is 8.70. The van der Waals surface area contributed by atoms with Crippen LogP contribution in [0.1, 0.15) is 16.9 Å². The molecular formula is C21H18N2O4S. The van der Waals surface area contributed by atoms with E-state index in [1.54, 1.807) is 36.4 Å². The van der Waals surface area contributed by atoms with E-state index < -0.39 is 9.84 Å². The highest BCUT2D eigenvalue weighted by Gasteiger charge is 2.20. The zero-order valence-corrected chi connectivity index (χ0v) is 16.2. The van der Waals surface area contributed by atoms with Crippen LogP contribution in [-0.4, -0.2) is 18.6 Å². The summed E-state index contributed by atoms with van der Waals surface area (Å²) < 4.78 is 36.1. The smallest absolute Gasteiger partial charge is 0.293 e. The minimum atomic E-state index is -3.50. The van der Waals surface area contributed by atoms with Crippen LogP contribution in [0, 0.1) is 13.8 Å². The third-order valence-electron chi connectivity index (χ3n) is 4.29. The van der Waals surface area contributed by atoms with Gasteiger partial charge in [0.1, 0.15) is 11.5 Å². The Kier molecular flexibility index (Phi) is 4.60. The highest BCUT2D eigenvalue weighted by Crippen LogP contribution is 2.26. The van der Waals surface area contributed by atoms with Crippen molar-refractivity contribution >= 4 is 9.84 Å². The van der Waals surface area contributed by atoms with Gasteiger partial charge in [0.15, 0.2) is 15.6 Å². The van der Waals surface area contributed by atoms with Gasteiger partial charge in [0.25, 0.3) is 5.89 Å². The minimum Gasteiger partial charge on any atom is -0.455 e. The summed E-state index contributed by atoms with van der Waals surface area (Å²) in [6.07, 6.45) is 0. The molecular weight excluding hydrogens is 376 g/mol. The molecule has 6 nitrogen and oxygen atoms in total. The molecule has 0 fully saturated rings. The van der Waals surface area contributed by atoms with Crippen LogP contribution >= 0.6 is 0 Å². The lowest BCUT2D eigenvalue weighted by Gasteiger charge is -2.02. The predicted octanol–water partition coefficient (Wildman–Crippen LogP) is 4.59. The van der Waals surface area contributed by atoms with Crippen LogP contribution < -0.4 is 0 Å². The van der Waals surface area contributed by atoms with Crippen LogP contribution in [0.4, 0.5) is 0 Å². The molecule has 0 unspecified atom stereocenters. The van der Waals surface area contributed by atoms with Crippen molar-refractivity contribution in [1.82, 2.24) is 10.1 Å². The normalized spacial score (nSPS) is 11.6. The van der Waals surface area contributed by atoms with Crippen molar-refractivity contribution in [3.63, 3.8) is 0 Å². The summed E-state index contributed by atoms with van der Waals surface area (Å²) in [5, 5.41) is 3.98. The summed E-state index contributed by atoms with van der Waals surface area (Å²) in [6, 6.07) is 17.7. The number of aromatic nitrogens is 2. The molecule has 0 bridgehead atoms. The molecule has 0 saturated heterocycles. The van der Waals surface area contributed by atoms with Gasteiger partial charge in [-0.05, 0) is 44.2 Å². The largest absolute Gasteiger partial charge is 0.455 e. The van der Waals surface area contributed by atoms with Crippen LogP contribution in [0.2, 0.25) is 0 Å². The Morgan fingerprint density at radius 1 is 0.929 bits per heavy atom.